The number of amides is 2. The van der Waals surface area contributed by atoms with Gasteiger partial charge in [-0.25, -0.2) is 4.90 Å². The van der Waals surface area contributed by atoms with Gasteiger partial charge in [-0.15, -0.1) is 0 Å². The van der Waals surface area contributed by atoms with Gasteiger partial charge < -0.3 is 0 Å². The number of rotatable bonds is 3. The van der Waals surface area contributed by atoms with Gasteiger partial charge in [0.2, 0.25) is 5.91 Å². The molecule has 1 N–H and O–H groups in total. The van der Waals surface area contributed by atoms with Gasteiger partial charge >= 0.3 is 0 Å². The maximum atomic E-state index is 12.5. The minimum absolute atomic E-state index is 0.189. The topological polar surface area (TPSA) is 91.8 Å². The quantitative estimate of drug-likeness (QED) is 0.875. The standard InChI is InChI=1S/C15H13NO5S/c1-11(17)16(15(18)12-7-3-2-4-8-12)13-9-5-6-10-14(13)22(19,20)21/h2-10H,1H3,(H,19,20,21). The van der Waals surface area contributed by atoms with Gasteiger partial charge in [0, 0.05) is 12.5 Å². The predicted molar refractivity (Wildman–Crippen MR) is 80.2 cm³/mol. The second kappa shape index (κ2) is 6.08. The average molecular weight is 319 g/mol. The summed E-state index contributed by atoms with van der Waals surface area (Å²) in [5.41, 5.74) is 0.0363. The number of carbonyl (C=O) groups is 2. The molecule has 0 heterocycles. The Labute approximate surface area is 127 Å². The number of para-hydroxylation sites is 1. The summed E-state index contributed by atoms with van der Waals surface area (Å²) in [7, 11) is -4.57. The van der Waals surface area contributed by atoms with Crippen LogP contribution in [0, 0.1) is 0 Å². The van der Waals surface area contributed by atoms with Crippen molar-refractivity contribution in [1.82, 2.24) is 0 Å². The third-order valence-corrected chi connectivity index (χ3v) is 3.82. The Morgan fingerprint density at radius 3 is 2.05 bits per heavy atom. The highest BCUT2D eigenvalue weighted by Crippen LogP contribution is 2.26. The smallest absolute Gasteiger partial charge is 0.282 e. The van der Waals surface area contributed by atoms with Crippen LogP contribution >= 0.6 is 0 Å². The lowest BCUT2D eigenvalue weighted by Crippen LogP contribution is -2.36. The Hall–Kier alpha value is -2.51. The Morgan fingerprint density at radius 1 is 0.955 bits per heavy atom. The first-order valence-electron chi connectivity index (χ1n) is 6.29. The van der Waals surface area contributed by atoms with Gasteiger partial charge in [-0.05, 0) is 24.3 Å². The molecular formula is C15H13NO5S. The molecule has 2 rings (SSSR count). The van der Waals surface area contributed by atoms with Crippen LogP contribution in [0.2, 0.25) is 0 Å². The van der Waals surface area contributed by atoms with E-state index in [1.54, 1.807) is 18.2 Å². The van der Waals surface area contributed by atoms with E-state index in [9.17, 15) is 22.6 Å². The maximum absolute atomic E-state index is 12.5. The Bertz CT molecular complexity index is 815. The van der Waals surface area contributed by atoms with Crippen molar-refractivity contribution in [3.8, 4) is 0 Å². The summed E-state index contributed by atoms with van der Waals surface area (Å²) in [5, 5.41) is 0. The Balaban J connectivity index is 2.61. The van der Waals surface area contributed by atoms with E-state index in [0.717, 1.165) is 17.9 Å². The molecule has 0 spiro atoms. The number of imide groups is 1. The number of benzene rings is 2. The first-order valence-corrected chi connectivity index (χ1v) is 7.73. The van der Waals surface area contributed by atoms with Crippen LogP contribution in [-0.4, -0.2) is 24.8 Å². The van der Waals surface area contributed by atoms with Crippen LogP contribution in [0.25, 0.3) is 0 Å². The number of hydrogen-bond donors (Lipinski definition) is 1. The first kappa shape index (κ1) is 15.9. The number of anilines is 1. The molecule has 0 saturated heterocycles. The van der Waals surface area contributed by atoms with Crippen LogP contribution in [-0.2, 0) is 14.9 Å². The molecule has 0 aromatic heterocycles. The summed E-state index contributed by atoms with van der Waals surface area (Å²) >= 11 is 0. The van der Waals surface area contributed by atoms with E-state index in [0.29, 0.717) is 0 Å². The fraction of sp³-hybridized carbons (Fsp3) is 0.0667. The SMILES string of the molecule is CC(=O)N(C(=O)c1ccccc1)c1ccccc1S(=O)(=O)O. The van der Waals surface area contributed by atoms with Crippen LogP contribution in [0.15, 0.2) is 59.5 Å². The van der Waals surface area contributed by atoms with Crippen molar-refractivity contribution in [3.63, 3.8) is 0 Å². The highest BCUT2D eigenvalue weighted by atomic mass is 32.2. The van der Waals surface area contributed by atoms with Crippen LogP contribution in [0.1, 0.15) is 17.3 Å². The number of carbonyl (C=O) groups excluding carboxylic acids is 2. The van der Waals surface area contributed by atoms with Crippen LogP contribution in [0.5, 0.6) is 0 Å². The third-order valence-electron chi connectivity index (χ3n) is 2.92. The molecule has 0 aliphatic heterocycles. The van der Waals surface area contributed by atoms with Gasteiger partial charge in [0.1, 0.15) is 4.90 Å². The van der Waals surface area contributed by atoms with E-state index in [4.69, 9.17) is 0 Å². The molecule has 0 unspecified atom stereocenters. The van der Waals surface area contributed by atoms with Crippen molar-refractivity contribution in [3.05, 3.63) is 60.2 Å². The highest BCUT2D eigenvalue weighted by Gasteiger charge is 2.27. The van der Waals surface area contributed by atoms with E-state index in [-0.39, 0.29) is 11.3 Å². The average Bonchev–Trinajstić information content (AvgIpc) is 2.47. The van der Waals surface area contributed by atoms with Crippen molar-refractivity contribution in [2.24, 2.45) is 0 Å². The molecule has 2 aromatic carbocycles. The molecule has 0 aliphatic rings. The predicted octanol–water partition coefficient (Wildman–Crippen LogP) is 2.13. The van der Waals surface area contributed by atoms with Gasteiger partial charge in [-0.3, -0.25) is 14.1 Å². The van der Waals surface area contributed by atoms with E-state index in [1.807, 2.05) is 0 Å². The number of nitrogens with zero attached hydrogens (tertiary/aromatic N) is 1. The van der Waals surface area contributed by atoms with Gasteiger partial charge in [0.25, 0.3) is 16.0 Å². The van der Waals surface area contributed by atoms with Crippen LogP contribution in [0.4, 0.5) is 5.69 Å². The molecule has 6 nitrogen and oxygen atoms in total. The summed E-state index contributed by atoms with van der Waals surface area (Å²) in [6, 6.07) is 13.2. The molecule has 7 heteroatoms. The highest BCUT2D eigenvalue weighted by molar-refractivity contribution is 7.86. The molecule has 0 atom stereocenters. The third kappa shape index (κ3) is 3.21. The minimum atomic E-state index is -4.57. The second-order valence-corrected chi connectivity index (χ2v) is 5.86. The second-order valence-electron chi connectivity index (χ2n) is 4.47. The summed E-state index contributed by atoms with van der Waals surface area (Å²) in [4.78, 5) is 24.6. The largest absolute Gasteiger partial charge is 0.296 e. The van der Waals surface area contributed by atoms with Crippen molar-refractivity contribution in [1.29, 1.82) is 0 Å². The van der Waals surface area contributed by atoms with Crippen molar-refractivity contribution in [2.75, 3.05) is 4.90 Å². The fourth-order valence-electron chi connectivity index (χ4n) is 1.99. The molecule has 0 radical (unpaired) electrons. The van der Waals surface area contributed by atoms with E-state index < -0.39 is 26.8 Å². The van der Waals surface area contributed by atoms with E-state index in [2.05, 4.69) is 0 Å². The van der Waals surface area contributed by atoms with Crippen LogP contribution < -0.4 is 4.90 Å². The van der Waals surface area contributed by atoms with Crippen molar-refractivity contribution >= 4 is 27.6 Å². The van der Waals surface area contributed by atoms with E-state index >= 15 is 0 Å². The summed E-state index contributed by atoms with van der Waals surface area (Å²) < 4.78 is 32.2. The molecule has 114 valence electrons. The van der Waals surface area contributed by atoms with Crippen molar-refractivity contribution in [2.45, 2.75) is 11.8 Å². The maximum Gasteiger partial charge on any atom is 0.296 e. The van der Waals surface area contributed by atoms with Crippen LogP contribution in [0.3, 0.4) is 0 Å². The summed E-state index contributed by atoms with van der Waals surface area (Å²) in [5.74, 6) is -1.34. The van der Waals surface area contributed by atoms with Gasteiger partial charge in [0.05, 0.1) is 5.69 Å². The zero-order valence-electron chi connectivity index (χ0n) is 11.6. The zero-order valence-corrected chi connectivity index (χ0v) is 12.4. The summed E-state index contributed by atoms with van der Waals surface area (Å²) in [6.07, 6.45) is 0. The molecule has 2 amide bonds. The lowest BCUT2D eigenvalue weighted by molar-refractivity contribution is -0.116. The lowest BCUT2D eigenvalue weighted by atomic mass is 10.2. The lowest BCUT2D eigenvalue weighted by Gasteiger charge is -2.21. The van der Waals surface area contributed by atoms with Crippen molar-refractivity contribution < 1.29 is 22.6 Å². The van der Waals surface area contributed by atoms with Gasteiger partial charge in [-0.1, -0.05) is 30.3 Å². The molecule has 0 bridgehead atoms. The first-order chi connectivity index (χ1) is 10.3. The Kier molecular flexibility index (Phi) is 4.39. The van der Waals surface area contributed by atoms with Gasteiger partial charge in [-0.2, -0.15) is 8.42 Å². The zero-order chi connectivity index (χ0) is 16.3. The molecule has 0 fully saturated rings. The summed E-state index contributed by atoms with van der Waals surface area (Å²) in [6.45, 7) is 1.14. The van der Waals surface area contributed by atoms with Gasteiger partial charge in [0.15, 0.2) is 0 Å². The molecule has 22 heavy (non-hydrogen) atoms. The minimum Gasteiger partial charge on any atom is -0.282 e. The Morgan fingerprint density at radius 2 is 1.50 bits per heavy atom. The monoisotopic (exact) mass is 319 g/mol. The molecular weight excluding hydrogens is 306 g/mol. The number of hydrogen-bond acceptors (Lipinski definition) is 4. The normalized spacial score (nSPS) is 11.0. The molecule has 0 aliphatic carbocycles. The molecule has 0 saturated carbocycles. The molecule has 2 aromatic rings. The fourth-order valence-corrected chi connectivity index (χ4v) is 2.67. The van der Waals surface area contributed by atoms with E-state index in [1.165, 1.54) is 30.3 Å².